The molecule has 0 aromatic carbocycles. The molecule has 0 radical (unpaired) electrons. The third-order valence-corrected chi connectivity index (χ3v) is 2.81. The first-order valence-corrected chi connectivity index (χ1v) is 6.28. The summed E-state index contributed by atoms with van der Waals surface area (Å²) in [7, 11) is 0. The van der Waals surface area contributed by atoms with Crippen molar-refractivity contribution >= 4 is 0 Å². The average Bonchev–Trinajstić information content (AvgIpc) is 2.27. The van der Waals surface area contributed by atoms with Gasteiger partial charge in [-0.25, -0.2) is 0 Å². The van der Waals surface area contributed by atoms with Gasteiger partial charge in [0.15, 0.2) is 0 Å². The van der Waals surface area contributed by atoms with E-state index in [1.54, 1.807) is 0 Å². The first-order chi connectivity index (χ1) is 7.36. The second-order valence-corrected chi connectivity index (χ2v) is 4.16. The fourth-order valence-corrected chi connectivity index (χ4v) is 1.92. The van der Waals surface area contributed by atoms with E-state index in [2.05, 4.69) is 11.8 Å². The summed E-state index contributed by atoms with van der Waals surface area (Å²) >= 11 is 0. The number of unbranched alkanes of at least 4 members (excludes halogenated alkanes) is 2. The van der Waals surface area contributed by atoms with Gasteiger partial charge in [0.05, 0.1) is 19.3 Å². The van der Waals surface area contributed by atoms with E-state index < -0.39 is 0 Å². The van der Waals surface area contributed by atoms with E-state index in [1.807, 2.05) is 6.92 Å². The number of hydrogen-bond donors (Lipinski definition) is 0. The Morgan fingerprint density at radius 1 is 1.33 bits per heavy atom. The Morgan fingerprint density at radius 3 is 2.93 bits per heavy atom. The number of nitrogens with zero attached hydrogens (tertiary/aromatic N) is 1. The third-order valence-electron chi connectivity index (χ3n) is 2.81. The van der Waals surface area contributed by atoms with Gasteiger partial charge in [-0.05, 0) is 19.9 Å². The van der Waals surface area contributed by atoms with Gasteiger partial charge < -0.3 is 9.47 Å². The van der Waals surface area contributed by atoms with Crippen LogP contribution in [0.4, 0.5) is 0 Å². The fraction of sp³-hybridized carbons (Fsp3) is 1.00. The minimum Gasteiger partial charge on any atom is -0.379 e. The topological polar surface area (TPSA) is 21.7 Å². The molecule has 1 fully saturated rings. The Labute approximate surface area is 93.7 Å². The summed E-state index contributed by atoms with van der Waals surface area (Å²) in [6, 6.07) is 0. The highest BCUT2D eigenvalue weighted by molar-refractivity contribution is 4.70. The largest absolute Gasteiger partial charge is 0.379 e. The highest BCUT2D eigenvalue weighted by Gasteiger charge is 2.19. The average molecular weight is 215 g/mol. The van der Waals surface area contributed by atoms with Gasteiger partial charge in [-0.15, -0.1) is 0 Å². The predicted octanol–water partition coefficient (Wildman–Crippen LogP) is 1.91. The van der Waals surface area contributed by atoms with Gasteiger partial charge in [0, 0.05) is 19.7 Å². The lowest BCUT2D eigenvalue weighted by atomic mass is 10.2. The zero-order valence-electron chi connectivity index (χ0n) is 10.2. The van der Waals surface area contributed by atoms with Crippen molar-refractivity contribution in [3.8, 4) is 0 Å². The van der Waals surface area contributed by atoms with Crippen LogP contribution in [0.15, 0.2) is 0 Å². The highest BCUT2D eigenvalue weighted by Crippen LogP contribution is 2.07. The van der Waals surface area contributed by atoms with Crippen LogP contribution in [0.3, 0.4) is 0 Å². The second kappa shape index (κ2) is 8.08. The molecule has 0 saturated carbocycles. The molecule has 0 bridgehead atoms. The van der Waals surface area contributed by atoms with E-state index >= 15 is 0 Å². The summed E-state index contributed by atoms with van der Waals surface area (Å²) in [5.74, 6) is 0. The molecule has 3 heteroatoms. The van der Waals surface area contributed by atoms with E-state index in [4.69, 9.17) is 9.47 Å². The monoisotopic (exact) mass is 215 g/mol. The van der Waals surface area contributed by atoms with Crippen LogP contribution in [0, 0.1) is 0 Å². The third kappa shape index (κ3) is 5.50. The van der Waals surface area contributed by atoms with Gasteiger partial charge in [0.1, 0.15) is 0 Å². The molecule has 3 nitrogen and oxygen atoms in total. The molecule has 1 aliphatic heterocycles. The zero-order valence-corrected chi connectivity index (χ0v) is 10.2. The molecule has 1 rings (SSSR count). The van der Waals surface area contributed by atoms with Gasteiger partial charge in [0.2, 0.25) is 0 Å². The molecule has 1 saturated heterocycles. The maximum Gasteiger partial charge on any atom is 0.0935 e. The van der Waals surface area contributed by atoms with Crippen molar-refractivity contribution in [2.24, 2.45) is 0 Å². The second-order valence-electron chi connectivity index (χ2n) is 4.16. The van der Waals surface area contributed by atoms with Crippen molar-refractivity contribution in [2.45, 2.75) is 39.2 Å². The normalized spacial score (nSPS) is 23.2. The molecule has 1 heterocycles. The Morgan fingerprint density at radius 2 is 2.20 bits per heavy atom. The minimum absolute atomic E-state index is 0.292. The Balaban J connectivity index is 2.11. The number of hydrogen-bond acceptors (Lipinski definition) is 3. The first kappa shape index (κ1) is 12.9. The van der Waals surface area contributed by atoms with Crippen LogP contribution in [0.5, 0.6) is 0 Å². The van der Waals surface area contributed by atoms with Crippen LogP contribution in [0.2, 0.25) is 0 Å². The maximum absolute atomic E-state index is 5.65. The van der Waals surface area contributed by atoms with Crippen molar-refractivity contribution < 1.29 is 9.47 Å². The lowest BCUT2D eigenvalue weighted by Crippen LogP contribution is -2.44. The highest BCUT2D eigenvalue weighted by atomic mass is 16.5. The van der Waals surface area contributed by atoms with Crippen LogP contribution in [-0.4, -0.2) is 50.5 Å². The molecule has 0 aromatic heterocycles. The van der Waals surface area contributed by atoms with E-state index in [0.29, 0.717) is 6.10 Å². The Hall–Kier alpha value is -0.120. The summed E-state index contributed by atoms with van der Waals surface area (Å²) in [5.41, 5.74) is 0. The van der Waals surface area contributed by atoms with Crippen molar-refractivity contribution in [3.05, 3.63) is 0 Å². The minimum atomic E-state index is 0.292. The van der Waals surface area contributed by atoms with E-state index in [9.17, 15) is 0 Å². The summed E-state index contributed by atoms with van der Waals surface area (Å²) in [6.07, 6.45) is 4.25. The van der Waals surface area contributed by atoms with Crippen molar-refractivity contribution in [2.75, 3.05) is 39.5 Å². The number of rotatable bonds is 7. The van der Waals surface area contributed by atoms with Gasteiger partial charge in [0.25, 0.3) is 0 Å². The molecule has 0 N–H and O–H groups in total. The molecule has 0 aliphatic carbocycles. The maximum atomic E-state index is 5.65. The summed E-state index contributed by atoms with van der Waals surface area (Å²) in [4.78, 5) is 2.50. The summed E-state index contributed by atoms with van der Waals surface area (Å²) in [5, 5.41) is 0. The molecule has 0 unspecified atom stereocenters. The molecule has 0 aromatic rings. The van der Waals surface area contributed by atoms with Crippen LogP contribution in [-0.2, 0) is 9.47 Å². The molecule has 0 spiro atoms. The molecule has 1 atom stereocenters. The van der Waals surface area contributed by atoms with Gasteiger partial charge >= 0.3 is 0 Å². The quantitative estimate of drug-likeness (QED) is 0.606. The predicted molar refractivity (Wildman–Crippen MR) is 62.2 cm³/mol. The first-order valence-electron chi connectivity index (χ1n) is 6.28. The van der Waals surface area contributed by atoms with Crippen LogP contribution < -0.4 is 0 Å². The van der Waals surface area contributed by atoms with Gasteiger partial charge in [-0.1, -0.05) is 19.8 Å². The van der Waals surface area contributed by atoms with Crippen molar-refractivity contribution in [1.82, 2.24) is 4.90 Å². The van der Waals surface area contributed by atoms with E-state index in [0.717, 1.165) is 32.9 Å². The smallest absolute Gasteiger partial charge is 0.0935 e. The van der Waals surface area contributed by atoms with Gasteiger partial charge in [-0.3, -0.25) is 4.90 Å². The Bertz CT molecular complexity index is 153. The molecule has 0 amide bonds. The lowest BCUT2D eigenvalue weighted by molar-refractivity contribution is -0.0675. The molecule has 90 valence electrons. The zero-order chi connectivity index (χ0) is 10.9. The van der Waals surface area contributed by atoms with Crippen LogP contribution in [0.25, 0.3) is 0 Å². The molecular weight excluding hydrogens is 190 g/mol. The van der Waals surface area contributed by atoms with Crippen molar-refractivity contribution in [1.29, 1.82) is 0 Å². The fourth-order valence-electron chi connectivity index (χ4n) is 1.92. The van der Waals surface area contributed by atoms with E-state index in [-0.39, 0.29) is 0 Å². The summed E-state index contributed by atoms with van der Waals surface area (Å²) in [6.45, 7) is 10.0. The van der Waals surface area contributed by atoms with E-state index in [1.165, 1.54) is 25.8 Å². The Kier molecular flexibility index (Phi) is 6.98. The summed E-state index contributed by atoms with van der Waals surface area (Å²) < 4.78 is 11.0. The molecule has 1 aliphatic rings. The standard InChI is InChI=1S/C12H25NO2/c1-3-5-6-7-13-8-9-15-12(10-13)11-14-4-2/h12H,3-11H2,1-2H3/t12-/m0/s1. The lowest BCUT2D eigenvalue weighted by Gasteiger charge is -2.32. The molecule has 15 heavy (non-hydrogen) atoms. The van der Waals surface area contributed by atoms with Crippen LogP contribution in [0.1, 0.15) is 33.1 Å². The van der Waals surface area contributed by atoms with Gasteiger partial charge in [-0.2, -0.15) is 0 Å². The number of morpholine rings is 1. The molecular formula is C12H25NO2. The van der Waals surface area contributed by atoms with Crippen molar-refractivity contribution in [3.63, 3.8) is 0 Å². The van der Waals surface area contributed by atoms with Crippen LogP contribution >= 0.6 is 0 Å². The SMILES string of the molecule is CCCCCN1CCO[C@H](COCC)C1. The number of ether oxygens (including phenoxy) is 2.